The Morgan fingerprint density at radius 1 is 1.04 bits per heavy atom. The van der Waals surface area contributed by atoms with Crippen molar-refractivity contribution in [1.82, 2.24) is 9.55 Å². The molecule has 0 spiro atoms. The summed E-state index contributed by atoms with van der Waals surface area (Å²) in [5, 5.41) is 0.446. The molecule has 0 N–H and O–H groups in total. The molecule has 2 aromatic carbocycles. The molecule has 1 aromatic heterocycles. The maximum absolute atomic E-state index is 13.8. The maximum Gasteiger partial charge on any atom is 0.265 e. The summed E-state index contributed by atoms with van der Waals surface area (Å²) < 4.78 is 15.5. The number of hydrogen-bond acceptors (Lipinski definition) is 2. The van der Waals surface area contributed by atoms with Gasteiger partial charge in [-0.3, -0.25) is 9.36 Å². The maximum atomic E-state index is 13.8. The zero-order chi connectivity index (χ0) is 18.7. The molecular weight excluding hydrogens is 315 g/mol. The SMILES string of the molecule is CC.CCc1nc2cc(F)c(C)cc2c(=O)n1-c1cc(C)ccc1C. The van der Waals surface area contributed by atoms with E-state index in [4.69, 9.17) is 0 Å². The summed E-state index contributed by atoms with van der Waals surface area (Å²) >= 11 is 0. The monoisotopic (exact) mass is 340 g/mol. The quantitative estimate of drug-likeness (QED) is 0.655. The fourth-order valence-corrected chi connectivity index (χ4v) is 2.81. The normalized spacial score (nSPS) is 10.5. The van der Waals surface area contributed by atoms with E-state index in [2.05, 4.69) is 4.98 Å². The standard InChI is InChI=1S/C19H19FN2O.C2H6/c1-5-18-21-16-10-15(20)13(4)9-14(16)19(23)22(18)17-8-11(2)6-7-12(17)3;1-2/h6-10H,5H2,1-4H3;1-2H3. The highest BCUT2D eigenvalue weighted by atomic mass is 19.1. The first-order valence-corrected chi connectivity index (χ1v) is 8.71. The molecule has 0 amide bonds. The summed E-state index contributed by atoms with van der Waals surface area (Å²) in [6.45, 7) is 11.6. The zero-order valence-corrected chi connectivity index (χ0v) is 15.8. The third-order valence-electron chi connectivity index (χ3n) is 4.14. The van der Waals surface area contributed by atoms with Gasteiger partial charge in [-0.05, 0) is 49.6 Å². The molecule has 1 heterocycles. The van der Waals surface area contributed by atoms with Gasteiger partial charge in [-0.15, -0.1) is 0 Å². The second-order valence-electron chi connectivity index (χ2n) is 5.93. The number of halogens is 1. The lowest BCUT2D eigenvalue weighted by Crippen LogP contribution is -2.24. The van der Waals surface area contributed by atoms with Gasteiger partial charge in [0.2, 0.25) is 0 Å². The van der Waals surface area contributed by atoms with Crippen LogP contribution in [0.1, 0.15) is 43.3 Å². The molecule has 0 saturated carbocycles. The van der Waals surface area contributed by atoms with Crippen molar-refractivity contribution in [3.05, 3.63) is 69.0 Å². The Morgan fingerprint density at radius 3 is 2.36 bits per heavy atom. The molecule has 0 aliphatic carbocycles. The molecule has 0 atom stereocenters. The van der Waals surface area contributed by atoms with Gasteiger partial charge in [-0.25, -0.2) is 9.37 Å². The molecule has 25 heavy (non-hydrogen) atoms. The van der Waals surface area contributed by atoms with E-state index >= 15 is 0 Å². The molecule has 0 radical (unpaired) electrons. The number of aryl methyl sites for hydroxylation is 4. The highest BCUT2D eigenvalue weighted by Gasteiger charge is 2.15. The summed E-state index contributed by atoms with van der Waals surface area (Å²) in [4.78, 5) is 17.6. The minimum Gasteiger partial charge on any atom is -0.268 e. The zero-order valence-electron chi connectivity index (χ0n) is 15.8. The molecule has 3 rings (SSSR count). The van der Waals surface area contributed by atoms with Crippen molar-refractivity contribution in [2.75, 3.05) is 0 Å². The lowest BCUT2D eigenvalue weighted by molar-refractivity contribution is 0.620. The molecule has 0 aliphatic rings. The molecule has 0 saturated heterocycles. The van der Waals surface area contributed by atoms with Gasteiger partial charge in [0, 0.05) is 12.5 Å². The minimum absolute atomic E-state index is 0.149. The van der Waals surface area contributed by atoms with Crippen molar-refractivity contribution in [3.63, 3.8) is 0 Å². The van der Waals surface area contributed by atoms with Crippen LogP contribution in [0.2, 0.25) is 0 Å². The molecule has 0 aliphatic heterocycles. The number of hydrogen-bond donors (Lipinski definition) is 0. The van der Waals surface area contributed by atoms with Crippen LogP contribution in [0.5, 0.6) is 0 Å². The summed E-state index contributed by atoms with van der Waals surface area (Å²) in [6.07, 6.45) is 0.591. The van der Waals surface area contributed by atoms with Crippen molar-refractivity contribution >= 4 is 10.9 Å². The van der Waals surface area contributed by atoms with Crippen LogP contribution in [0.25, 0.3) is 16.6 Å². The smallest absolute Gasteiger partial charge is 0.265 e. The third kappa shape index (κ3) is 3.48. The van der Waals surface area contributed by atoms with Crippen LogP contribution >= 0.6 is 0 Å². The Bertz CT molecular complexity index is 974. The first-order chi connectivity index (χ1) is 11.9. The third-order valence-corrected chi connectivity index (χ3v) is 4.14. The first-order valence-electron chi connectivity index (χ1n) is 8.71. The van der Waals surface area contributed by atoms with Crippen molar-refractivity contribution in [1.29, 1.82) is 0 Å². The van der Waals surface area contributed by atoms with E-state index in [0.717, 1.165) is 16.8 Å². The molecule has 3 aromatic rings. The number of nitrogens with zero attached hydrogens (tertiary/aromatic N) is 2. The van der Waals surface area contributed by atoms with Crippen LogP contribution < -0.4 is 5.56 Å². The highest BCUT2D eigenvalue weighted by Crippen LogP contribution is 2.20. The average Bonchev–Trinajstić information content (AvgIpc) is 2.61. The first kappa shape index (κ1) is 18.8. The van der Waals surface area contributed by atoms with Gasteiger partial charge in [0.25, 0.3) is 5.56 Å². The molecule has 3 nitrogen and oxygen atoms in total. The molecule has 4 heteroatoms. The summed E-state index contributed by atoms with van der Waals surface area (Å²) in [6, 6.07) is 8.93. The van der Waals surface area contributed by atoms with Crippen LogP contribution in [0.3, 0.4) is 0 Å². The number of benzene rings is 2. The van der Waals surface area contributed by atoms with Crippen molar-refractivity contribution < 1.29 is 4.39 Å². The minimum atomic E-state index is -0.337. The van der Waals surface area contributed by atoms with Crippen LogP contribution in [-0.4, -0.2) is 9.55 Å². The second kappa shape index (κ2) is 7.60. The van der Waals surface area contributed by atoms with Crippen LogP contribution in [0, 0.1) is 26.6 Å². The molecular formula is C21H25FN2O. The predicted molar refractivity (Wildman–Crippen MR) is 102 cm³/mol. The Labute approximate surface area is 148 Å². The van der Waals surface area contributed by atoms with E-state index in [1.165, 1.54) is 6.07 Å². The van der Waals surface area contributed by atoms with Gasteiger partial charge < -0.3 is 0 Å². The van der Waals surface area contributed by atoms with Crippen LogP contribution in [0.15, 0.2) is 35.1 Å². The highest BCUT2D eigenvalue weighted by molar-refractivity contribution is 5.79. The molecule has 0 fully saturated rings. The van der Waals surface area contributed by atoms with Gasteiger partial charge in [0.15, 0.2) is 0 Å². The van der Waals surface area contributed by atoms with Crippen LogP contribution in [-0.2, 0) is 6.42 Å². The average molecular weight is 340 g/mol. The molecule has 132 valence electrons. The largest absolute Gasteiger partial charge is 0.268 e. The fourth-order valence-electron chi connectivity index (χ4n) is 2.81. The number of fused-ring (bicyclic) bond motifs is 1. The van der Waals surface area contributed by atoms with E-state index in [0.29, 0.717) is 28.7 Å². The van der Waals surface area contributed by atoms with Crippen molar-refractivity contribution in [2.45, 2.75) is 48.0 Å². The second-order valence-corrected chi connectivity index (χ2v) is 5.93. The van der Waals surface area contributed by atoms with Gasteiger partial charge in [-0.1, -0.05) is 32.9 Å². The molecule has 0 unspecified atom stereocenters. The van der Waals surface area contributed by atoms with Gasteiger partial charge in [-0.2, -0.15) is 0 Å². The lowest BCUT2D eigenvalue weighted by Gasteiger charge is -2.15. The van der Waals surface area contributed by atoms with Gasteiger partial charge in [0.1, 0.15) is 11.6 Å². The van der Waals surface area contributed by atoms with E-state index in [1.807, 2.05) is 52.8 Å². The summed E-state index contributed by atoms with van der Waals surface area (Å²) in [5.41, 5.74) is 3.64. The fraction of sp³-hybridized carbons (Fsp3) is 0.333. The van der Waals surface area contributed by atoms with Crippen molar-refractivity contribution in [3.8, 4) is 5.69 Å². The Hall–Kier alpha value is -2.49. The topological polar surface area (TPSA) is 34.9 Å². The Kier molecular flexibility index (Phi) is 5.73. The number of rotatable bonds is 2. The van der Waals surface area contributed by atoms with E-state index in [-0.39, 0.29) is 11.4 Å². The van der Waals surface area contributed by atoms with Crippen molar-refractivity contribution in [2.24, 2.45) is 0 Å². The van der Waals surface area contributed by atoms with Gasteiger partial charge >= 0.3 is 0 Å². The summed E-state index contributed by atoms with van der Waals surface area (Å²) in [7, 11) is 0. The lowest BCUT2D eigenvalue weighted by atomic mass is 10.1. The molecule has 0 bridgehead atoms. The van der Waals surface area contributed by atoms with E-state index in [1.54, 1.807) is 17.6 Å². The van der Waals surface area contributed by atoms with Crippen LogP contribution in [0.4, 0.5) is 4.39 Å². The number of aromatic nitrogens is 2. The predicted octanol–water partition coefficient (Wildman–Crippen LogP) is 5.04. The van der Waals surface area contributed by atoms with E-state index < -0.39 is 0 Å². The van der Waals surface area contributed by atoms with E-state index in [9.17, 15) is 9.18 Å². The Balaban J connectivity index is 0.00000109. The summed E-state index contributed by atoms with van der Waals surface area (Å²) in [5.74, 6) is 0.301. The van der Waals surface area contributed by atoms with Gasteiger partial charge in [0.05, 0.1) is 16.6 Å². The Morgan fingerprint density at radius 2 is 1.72 bits per heavy atom.